The van der Waals surface area contributed by atoms with Crippen LogP contribution < -0.4 is 10.6 Å². The Labute approximate surface area is 86.1 Å². The zero-order chi connectivity index (χ0) is 11.0. The summed E-state index contributed by atoms with van der Waals surface area (Å²) in [7, 11) is 1.77. The number of hydrogen-bond donors (Lipinski definition) is 3. The number of unbranched alkanes of at least 4 members (excludes halogenated alkanes) is 2. The van der Waals surface area contributed by atoms with Gasteiger partial charge in [-0.25, -0.2) is 0 Å². The lowest BCUT2D eigenvalue weighted by molar-refractivity contribution is -0.126. The molecule has 84 valence electrons. The van der Waals surface area contributed by atoms with Crippen molar-refractivity contribution in [3.05, 3.63) is 0 Å². The van der Waals surface area contributed by atoms with Gasteiger partial charge in [-0.05, 0) is 40.2 Å². The van der Waals surface area contributed by atoms with Crippen LogP contribution in [0.15, 0.2) is 0 Å². The summed E-state index contributed by atoms with van der Waals surface area (Å²) in [5.41, 5.74) is -0.503. The van der Waals surface area contributed by atoms with Gasteiger partial charge in [-0.3, -0.25) is 4.79 Å². The maximum atomic E-state index is 11.5. The first kappa shape index (κ1) is 13.4. The predicted octanol–water partition coefficient (Wildman–Crippen LogP) is 0.263. The second-order valence-electron chi connectivity index (χ2n) is 3.92. The molecule has 4 heteroatoms. The second-order valence-corrected chi connectivity index (χ2v) is 3.92. The first-order valence-corrected chi connectivity index (χ1v) is 5.12. The maximum absolute atomic E-state index is 11.5. The van der Waals surface area contributed by atoms with Gasteiger partial charge in [0.15, 0.2) is 0 Å². The molecule has 0 unspecified atom stereocenters. The molecule has 0 aliphatic rings. The highest BCUT2D eigenvalue weighted by Crippen LogP contribution is 2.00. The largest absolute Gasteiger partial charge is 0.396 e. The number of aliphatic hydroxyl groups is 1. The van der Waals surface area contributed by atoms with Crippen LogP contribution in [0.3, 0.4) is 0 Å². The van der Waals surface area contributed by atoms with Crippen LogP contribution in [-0.4, -0.2) is 36.8 Å². The molecule has 0 atom stereocenters. The van der Waals surface area contributed by atoms with Crippen molar-refractivity contribution < 1.29 is 9.90 Å². The van der Waals surface area contributed by atoms with Crippen LogP contribution in [0.25, 0.3) is 0 Å². The molecule has 0 aliphatic heterocycles. The first-order valence-electron chi connectivity index (χ1n) is 5.12. The van der Waals surface area contributed by atoms with Gasteiger partial charge in [0.2, 0.25) is 5.91 Å². The number of rotatable bonds is 7. The van der Waals surface area contributed by atoms with Crippen LogP contribution in [0, 0.1) is 0 Å². The van der Waals surface area contributed by atoms with Crippen molar-refractivity contribution in [2.24, 2.45) is 0 Å². The number of amides is 1. The fourth-order valence-corrected chi connectivity index (χ4v) is 0.950. The monoisotopic (exact) mass is 202 g/mol. The molecule has 0 bridgehead atoms. The third kappa shape index (κ3) is 5.19. The van der Waals surface area contributed by atoms with Crippen molar-refractivity contribution in [1.29, 1.82) is 0 Å². The van der Waals surface area contributed by atoms with E-state index < -0.39 is 5.54 Å². The lowest BCUT2D eigenvalue weighted by Crippen LogP contribution is -2.51. The minimum atomic E-state index is -0.503. The van der Waals surface area contributed by atoms with Gasteiger partial charge >= 0.3 is 0 Å². The third-order valence-electron chi connectivity index (χ3n) is 2.31. The number of aliphatic hydroxyl groups excluding tert-OH is 1. The van der Waals surface area contributed by atoms with Crippen LogP contribution >= 0.6 is 0 Å². The Morgan fingerprint density at radius 3 is 2.43 bits per heavy atom. The number of nitrogens with one attached hydrogen (secondary N) is 2. The lowest BCUT2D eigenvalue weighted by Gasteiger charge is -2.22. The molecule has 0 aromatic carbocycles. The molecule has 0 heterocycles. The van der Waals surface area contributed by atoms with Gasteiger partial charge in [0.05, 0.1) is 5.54 Å². The summed E-state index contributed by atoms with van der Waals surface area (Å²) in [6, 6.07) is 0. The number of hydrogen-bond acceptors (Lipinski definition) is 3. The SMILES string of the molecule is CNC(C)(C)C(=O)NCCCCCO. The minimum Gasteiger partial charge on any atom is -0.396 e. The number of carbonyl (C=O) groups excluding carboxylic acids is 1. The van der Waals surface area contributed by atoms with E-state index in [4.69, 9.17) is 5.11 Å². The molecule has 14 heavy (non-hydrogen) atoms. The number of carbonyl (C=O) groups is 1. The molecular formula is C10H22N2O2. The molecule has 4 nitrogen and oxygen atoms in total. The van der Waals surface area contributed by atoms with E-state index in [1.165, 1.54) is 0 Å². The van der Waals surface area contributed by atoms with Crippen molar-refractivity contribution in [2.45, 2.75) is 38.6 Å². The van der Waals surface area contributed by atoms with Crippen LogP contribution in [-0.2, 0) is 4.79 Å². The zero-order valence-corrected chi connectivity index (χ0v) is 9.39. The Kier molecular flexibility index (Phi) is 6.49. The molecule has 0 spiro atoms. The normalized spacial score (nSPS) is 11.4. The average Bonchev–Trinajstić information content (AvgIpc) is 2.17. The highest BCUT2D eigenvalue weighted by Gasteiger charge is 2.24. The van der Waals surface area contributed by atoms with E-state index in [1.54, 1.807) is 7.05 Å². The van der Waals surface area contributed by atoms with E-state index in [1.807, 2.05) is 13.8 Å². The van der Waals surface area contributed by atoms with Gasteiger partial charge in [0.1, 0.15) is 0 Å². The summed E-state index contributed by atoms with van der Waals surface area (Å²) in [4.78, 5) is 11.5. The predicted molar refractivity (Wildman–Crippen MR) is 57.1 cm³/mol. The Morgan fingerprint density at radius 2 is 1.93 bits per heavy atom. The topological polar surface area (TPSA) is 61.4 Å². The van der Waals surface area contributed by atoms with E-state index in [2.05, 4.69) is 10.6 Å². The summed E-state index contributed by atoms with van der Waals surface area (Å²) in [5, 5.41) is 14.3. The fraction of sp³-hybridized carbons (Fsp3) is 0.900. The standard InChI is InChI=1S/C10H22N2O2/c1-10(2,11-3)9(14)12-7-5-4-6-8-13/h11,13H,4-8H2,1-3H3,(H,12,14). The maximum Gasteiger partial charge on any atom is 0.239 e. The average molecular weight is 202 g/mol. The molecular weight excluding hydrogens is 180 g/mol. The van der Waals surface area contributed by atoms with E-state index in [-0.39, 0.29) is 12.5 Å². The van der Waals surface area contributed by atoms with Crippen LogP contribution in [0.1, 0.15) is 33.1 Å². The van der Waals surface area contributed by atoms with E-state index in [0.717, 1.165) is 19.3 Å². The molecule has 0 aromatic rings. The summed E-state index contributed by atoms with van der Waals surface area (Å²) >= 11 is 0. The molecule has 0 aromatic heterocycles. The highest BCUT2D eigenvalue weighted by molar-refractivity contribution is 5.85. The Morgan fingerprint density at radius 1 is 1.29 bits per heavy atom. The Balaban J connectivity index is 3.54. The summed E-state index contributed by atoms with van der Waals surface area (Å²) in [6.45, 7) is 4.60. The molecule has 0 rings (SSSR count). The van der Waals surface area contributed by atoms with Crippen molar-refractivity contribution in [1.82, 2.24) is 10.6 Å². The van der Waals surface area contributed by atoms with Gasteiger partial charge in [0.25, 0.3) is 0 Å². The van der Waals surface area contributed by atoms with Crippen molar-refractivity contribution in [3.63, 3.8) is 0 Å². The van der Waals surface area contributed by atoms with E-state index in [0.29, 0.717) is 6.54 Å². The van der Waals surface area contributed by atoms with Gasteiger partial charge in [-0.2, -0.15) is 0 Å². The summed E-state index contributed by atoms with van der Waals surface area (Å²) in [5.74, 6) is 0.0176. The van der Waals surface area contributed by atoms with E-state index >= 15 is 0 Å². The van der Waals surface area contributed by atoms with Gasteiger partial charge in [-0.1, -0.05) is 0 Å². The van der Waals surface area contributed by atoms with Crippen molar-refractivity contribution in [2.75, 3.05) is 20.2 Å². The van der Waals surface area contributed by atoms with Crippen LogP contribution in [0.2, 0.25) is 0 Å². The van der Waals surface area contributed by atoms with Gasteiger partial charge in [0, 0.05) is 13.2 Å². The van der Waals surface area contributed by atoms with Crippen LogP contribution in [0.4, 0.5) is 0 Å². The minimum absolute atomic E-state index is 0.0176. The molecule has 0 radical (unpaired) electrons. The Bertz CT molecular complexity index is 170. The van der Waals surface area contributed by atoms with Crippen LogP contribution in [0.5, 0.6) is 0 Å². The molecule has 0 saturated heterocycles. The second kappa shape index (κ2) is 6.79. The molecule has 0 saturated carbocycles. The fourth-order valence-electron chi connectivity index (χ4n) is 0.950. The Hall–Kier alpha value is -0.610. The highest BCUT2D eigenvalue weighted by atomic mass is 16.2. The molecule has 1 amide bonds. The van der Waals surface area contributed by atoms with Gasteiger partial charge < -0.3 is 15.7 Å². The van der Waals surface area contributed by atoms with E-state index in [9.17, 15) is 4.79 Å². The molecule has 3 N–H and O–H groups in total. The third-order valence-corrected chi connectivity index (χ3v) is 2.31. The molecule has 0 aliphatic carbocycles. The number of likely N-dealkylation sites (N-methyl/N-ethyl adjacent to an activating group) is 1. The zero-order valence-electron chi connectivity index (χ0n) is 9.39. The summed E-state index contributed by atoms with van der Waals surface area (Å²) < 4.78 is 0. The molecule has 0 fully saturated rings. The quantitative estimate of drug-likeness (QED) is 0.519. The van der Waals surface area contributed by atoms with Crippen molar-refractivity contribution in [3.8, 4) is 0 Å². The van der Waals surface area contributed by atoms with Crippen molar-refractivity contribution >= 4 is 5.91 Å². The first-order chi connectivity index (χ1) is 6.54. The van der Waals surface area contributed by atoms with Gasteiger partial charge in [-0.15, -0.1) is 0 Å². The summed E-state index contributed by atoms with van der Waals surface area (Å²) in [6.07, 6.45) is 2.69. The smallest absolute Gasteiger partial charge is 0.239 e. The lowest BCUT2D eigenvalue weighted by atomic mass is 10.1.